The molecule has 2 aromatic carbocycles. The molecule has 0 radical (unpaired) electrons. The van der Waals surface area contributed by atoms with Gasteiger partial charge in [0.1, 0.15) is 5.75 Å². The molecule has 0 atom stereocenters. The molecular weight excluding hydrogens is 413 g/mol. The van der Waals surface area contributed by atoms with Gasteiger partial charge in [-0.25, -0.2) is 0 Å². The molecule has 0 aliphatic heterocycles. The van der Waals surface area contributed by atoms with E-state index in [2.05, 4.69) is 5.32 Å². The molecular formula is C21H23Cl2N3O3. The highest BCUT2D eigenvalue weighted by molar-refractivity contribution is 6.30. The van der Waals surface area contributed by atoms with Crippen LogP contribution in [0.2, 0.25) is 5.02 Å². The number of rotatable bonds is 6. The lowest BCUT2D eigenvalue weighted by Crippen LogP contribution is -2.30. The molecule has 6 nitrogen and oxygen atoms in total. The van der Waals surface area contributed by atoms with E-state index >= 15 is 0 Å². The summed E-state index contributed by atoms with van der Waals surface area (Å²) in [6, 6.07) is 12.2. The van der Waals surface area contributed by atoms with Gasteiger partial charge in [0.05, 0.1) is 19.0 Å². The molecule has 0 saturated heterocycles. The van der Waals surface area contributed by atoms with E-state index in [4.69, 9.17) is 22.1 Å². The standard InChI is InChI=1S/C21H22ClN3O3.ClH/c1-13-17(12-20(26)24-10-9-23)18-11-16(28-2)7-8-19(18)25(13)21(27)14-3-5-15(22)6-4-14;/h3-8,11H,9-10,12,23H2,1-2H3,(H,24,26);1H. The maximum absolute atomic E-state index is 13.2. The summed E-state index contributed by atoms with van der Waals surface area (Å²) in [5.74, 6) is 0.333. The third-order valence-electron chi connectivity index (χ3n) is 4.64. The van der Waals surface area contributed by atoms with E-state index in [1.165, 1.54) is 0 Å². The molecule has 1 aromatic heterocycles. The highest BCUT2D eigenvalue weighted by atomic mass is 35.5. The molecule has 0 saturated carbocycles. The van der Waals surface area contributed by atoms with Gasteiger partial charge in [-0.2, -0.15) is 0 Å². The van der Waals surface area contributed by atoms with Gasteiger partial charge in [0.15, 0.2) is 0 Å². The Labute approximate surface area is 180 Å². The fourth-order valence-electron chi connectivity index (χ4n) is 3.23. The number of nitrogens with one attached hydrogen (secondary N) is 1. The van der Waals surface area contributed by atoms with Crippen LogP contribution in [-0.4, -0.2) is 36.6 Å². The Bertz CT molecular complexity index is 1030. The number of nitrogens with zero attached hydrogens (tertiary/aromatic N) is 1. The normalized spacial score (nSPS) is 10.5. The number of benzene rings is 2. The highest BCUT2D eigenvalue weighted by Crippen LogP contribution is 2.30. The van der Waals surface area contributed by atoms with E-state index in [0.29, 0.717) is 35.1 Å². The van der Waals surface area contributed by atoms with Gasteiger partial charge in [0.2, 0.25) is 5.91 Å². The number of amides is 1. The smallest absolute Gasteiger partial charge is 0.262 e. The zero-order valence-corrected chi connectivity index (χ0v) is 17.8. The number of carbonyl (C=O) groups is 2. The molecule has 1 heterocycles. The fourth-order valence-corrected chi connectivity index (χ4v) is 3.36. The second kappa shape index (κ2) is 9.78. The minimum atomic E-state index is -0.182. The minimum Gasteiger partial charge on any atom is -0.497 e. The molecule has 1 amide bonds. The molecule has 3 aromatic rings. The number of fused-ring (bicyclic) bond motifs is 1. The number of methoxy groups -OCH3 is 1. The number of nitrogens with two attached hydrogens (primary N) is 1. The van der Waals surface area contributed by atoms with Crippen molar-refractivity contribution in [1.29, 1.82) is 0 Å². The second-order valence-corrected chi connectivity index (χ2v) is 6.85. The van der Waals surface area contributed by atoms with Crippen LogP contribution in [-0.2, 0) is 11.2 Å². The number of hydrogen-bond acceptors (Lipinski definition) is 4. The van der Waals surface area contributed by atoms with Crippen molar-refractivity contribution in [1.82, 2.24) is 9.88 Å². The first kappa shape index (κ1) is 22.7. The van der Waals surface area contributed by atoms with Crippen LogP contribution in [0.5, 0.6) is 5.75 Å². The topological polar surface area (TPSA) is 86.3 Å². The Balaban J connectivity index is 0.00000300. The Morgan fingerprint density at radius 1 is 1.17 bits per heavy atom. The van der Waals surface area contributed by atoms with Crippen molar-refractivity contribution in [2.24, 2.45) is 5.73 Å². The SMILES string of the molecule is COc1ccc2c(c1)c(CC(=O)NCCN)c(C)n2C(=O)c1ccc(Cl)cc1.Cl. The van der Waals surface area contributed by atoms with Crippen molar-refractivity contribution in [3.8, 4) is 5.75 Å². The quantitative estimate of drug-likeness (QED) is 0.621. The van der Waals surface area contributed by atoms with Crippen LogP contribution in [0.15, 0.2) is 42.5 Å². The molecule has 0 aliphatic rings. The van der Waals surface area contributed by atoms with Crippen molar-refractivity contribution in [2.75, 3.05) is 20.2 Å². The summed E-state index contributed by atoms with van der Waals surface area (Å²) in [6.07, 6.45) is 0.149. The highest BCUT2D eigenvalue weighted by Gasteiger charge is 2.21. The van der Waals surface area contributed by atoms with Crippen LogP contribution in [0.3, 0.4) is 0 Å². The summed E-state index contributed by atoms with van der Waals surface area (Å²) in [7, 11) is 1.58. The average Bonchev–Trinajstić information content (AvgIpc) is 2.97. The number of hydrogen-bond donors (Lipinski definition) is 2. The van der Waals surface area contributed by atoms with Crippen molar-refractivity contribution in [3.63, 3.8) is 0 Å². The maximum Gasteiger partial charge on any atom is 0.262 e. The van der Waals surface area contributed by atoms with E-state index in [9.17, 15) is 9.59 Å². The van der Waals surface area contributed by atoms with Gasteiger partial charge in [-0.3, -0.25) is 14.2 Å². The van der Waals surface area contributed by atoms with Crippen molar-refractivity contribution < 1.29 is 14.3 Å². The molecule has 0 fully saturated rings. The van der Waals surface area contributed by atoms with E-state index < -0.39 is 0 Å². The van der Waals surface area contributed by atoms with Crippen LogP contribution in [0.25, 0.3) is 10.9 Å². The van der Waals surface area contributed by atoms with Crippen LogP contribution in [0, 0.1) is 6.92 Å². The average molecular weight is 436 g/mol. The Morgan fingerprint density at radius 2 is 1.86 bits per heavy atom. The van der Waals surface area contributed by atoms with Crippen molar-refractivity contribution in [2.45, 2.75) is 13.3 Å². The molecule has 3 rings (SSSR count). The van der Waals surface area contributed by atoms with Crippen molar-refractivity contribution >= 4 is 46.7 Å². The Morgan fingerprint density at radius 3 is 2.48 bits per heavy atom. The molecule has 3 N–H and O–H groups in total. The van der Waals surface area contributed by atoms with E-state index in [1.807, 2.05) is 19.1 Å². The first-order valence-corrected chi connectivity index (χ1v) is 9.29. The maximum atomic E-state index is 13.2. The zero-order valence-electron chi connectivity index (χ0n) is 16.2. The third-order valence-corrected chi connectivity index (χ3v) is 4.89. The number of aromatic nitrogens is 1. The summed E-state index contributed by atoms with van der Waals surface area (Å²) in [6.45, 7) is 2.62. The van der Waals surface area contributed by atoms with E-state index in [0.717, 1.165) is 16.5 Å². The first-order chi connectivity index (χ1) is 13.5. The van der Waals surface area contributed by atoms with Gasteiger partial charge in [0.25, 0.3) is 5.91 Å². The summed E-state index contributed by atoms with van der Waals surface area (Å²) < 4.78 is 6.96. The van der Waals surface area contributed by atoms with Crippen LogP contribution in [0.4, 0.5) is 0 Å². The third kappa shape index (κ3) is 4.72. The lowest BCUT2D eigenvalue weighted by molar-refractivity contribution is -0.120. The van der Waals surface area contributed by atoms with Gasteiger partial charge in [-0.1, -0.05) is 11.6 Å². The van der Waals surface area contributed by atoms with Gasteiger partial charge in [-0.15, -0.1) is 12.4 Å². The lowest BCUT2D eigenvalue weighted by atomic mass is 10.1. The number of halogens is 2. The lowest BCUT2D eigenvalue weighted by Gasteiger charge is -2.08. The number of ether oxygens (including phenoxy) is 1. The molecule has 8 heteroatoms. The minimum absolute atomic E-state index is 0. The molecule has 0 bridgehead atoms. The Kier molecular flexibility index (Phi) is 7.67. The van der Waals surface area contributed by atoms with Crippen molar-refractivity contribution in [3.05, 3.63) is 64.3 Å². The fraction of sp³-hybridized carbons (Fsp3) is 0.238. The monoisotopic (exact) mass is 435 g/mol. The molecule has 0 spiro atoms. The predicted molar refractivity (Wildman–Crippen MR) is 117 cm³/mol. The largest absolute Gasteiger partial charge is 0.497 e. The van der Waals surface area contributed by atoms with Crippen LogP contribution >= 0.6 is 24.0 Å². The summed E-state index contributed by atoms with van der Waals surface area (Å²) >= 11 is 5.94. The molecule has 0 unspecified atom stereocenters. The Hall–Kier alpha value is -2.54. The van der Waals surface area contributed by atoms with Crippen LogP contribution in [0.1, 0.15) is 21.6 Å². The first-order valence-electron chi connectivity index (χ1n) is 8.91. The summed E-state index contributed by atoms with van der Waals surface area (Å²) in [5, 5.41) is 4.14. The van der Waals surface area contributed by atoms with Gasteiger partial charge in [0, 0.05) is 34.8 Å². The van der Waals surface area contributed by atoms with Gasteiger partial charge < -0.3 is 15.8 Å². The van der Waals surface area contributed by atoms with Gasteiger partial charge in [-0.05, 0) is 55.0 Å². The summed E-state index contributed by atoms with van der Waals surface area (Å²) in [4.78, 5) is 25.5. The molecule has 29 heavy (non-hydrogen) atoms. The van der Waals surface area contributed by atoms with Crippen LogP contribution < -0.4 is 15.8 Å². The van der Waals surface area contributed by atoms with Gasteiger partial charge >= 0.3 is 0 Å². The summed E-state index contributed by atoms with van der Waals surface area (Å²) in [5.41, 5.74) is 8.19. The van der Waals surface area contributed by atoms with E-state index in [1.54, 1.807) is 42.0 Å². The molecule has 154 valence electrons. The predicted octanol–water partition coefficient (Wildman–Crippen LogP) is 3.34. The number of carbonyl (C=O) groups excluding carboxylic acids is 2. The second-order valence-electron chi connectivity index (χ2n) is 6.41. The zero-order chi connectivity index (χ0) is 20.3. The molecule has 0 aliphatic carbocycles. The van der Waals surface area contributed by atoms with E-state index in [-0.39, 0.29) is 30.6 Å².